The highest BCUT2D eigenvalue weighted by Gasteiger charge is 2.27. The number of nitrogens with zero attached hydrogens (tertiary/aromatic N) is 1. The third-order valence-electron chi connectivity index (χ3n) is 4.40. The molecule has 2 heterocycles. The van der Waals surface area contributed by atoms with Gasteiger partial charge in [-0.15, -0.1) is 0 Å². The van der Waals surface area contributed by atoms with Crippen LogP contribution in [0.3, 0.4) is 0 Å². The number of rotatable bonds is 7. The third kappa shape index (κ3) is 4.12. The minimum Gasteiger partial charge on any atom is -0.385 e. The van der Waals surface area contributed by atoms with Gasteiger partial charge in [-0.1, -0.05) is 18.2 Å². The summed E-state index contributed by atoms with van der Waals surface area (Å²) in [6, 6.07) is 8.48. The van der Waals surface area contributed by atoms with Gasteiger partial charge < -0.3 is 15.4 Å². The second-order valence-electron chi connectivity index (χ2n) is 6.04. The maximum absolute atomic E-state index is 5.99. The molecule has 3 rings (SSSR count). The van der Waals surface area contributed by atoms with Crippen LogP contribution in [0.1, 0.15) is 37.0 Å². The van der Waals surface area contributed by atoms with Gasteiger partial charge in [-0.25, -0.2) is 0 Å². The Morgan fingerprint density at radius 3 is 3.09 bits per heavy atom. The SMILES string of the molecule is CCNc1ccccc1CNC[C@@H]1CCCO[C@H]1c1cn[nH]c1. The number of anilines is 1. The monoisotopic (exact) mass is 314 g/mol. The molecular formula is C18H26N4O. The molecule has 1 aliphatic heterocycles. The van der Waals surface area contributed by atoms with E-state index in [-0.39, 0.29) is 6.10 Å². The predicted molar refractivity (Wildman–Crippen MR) is 92.3 cm³/mol. The summed E-state index contributed by atoms with van der Waals surface area (Å²) in [6.07, 6.45) is 6.30. The van der Waals surface area contributed by atoms with Crippen molar-refractivity contribution in [3.05, 3.63) is 47.8 Å². The van der Waals surface area contributed by atoms with E-state index in [0.29, 0.717) is 5.92 Å². The van der Waals surface area contributed by atoms with E-state index in [1.54, 1.807) is 0 Å². The molecule has 1 aromatic carbocycles. The van der Waals surface area contributed by atoms with Crippen LogP contribution in [-0.2, 0) is 11.3 Å². The molecule has 5 heteroatoms. The lowest BCUT2D eigenvalue weighted by molar-refractivity contribution is -0.0278. The van der Waals surface area contributed by atoms with Crippen molar-refractivity contribution in [2.24, 2.45) is 5.92 Å². The topological polar surface area (TPSA) is 62.0 Å². The Morgan fingerprint density at radius 1 is 1.35 bits per heavy atom. The van der Waals surface area contributed by atoms with Crippen LogP contribution in [0.4, 0.5) is 5.69 Å². The maximum Gasteiger partial charge on any atom is 0.0895 e. The van der Waals surface area contributed by atoms with Gasteiger partial charge in [0.05, 0.1) is 12.3 Å². The van der Waals surface area contributed by atoms with Gasteiger partial charge in [-0.3, -0.25) is 5.10 Å². The van der Waals surface area contributed by atoms with Crippen molar-refractivity contribution in [3.8, 4) is 0 Å². The Hall–Kier alpha value is -1.85. The highest BCUT2D eigenvalue weighted by Crippen LogP contribution is 2.32. The van der Waals surface area contributed by atoms with Crippen molar-refractivity contribution >= 4 is 5.69 Å². The zero-order valence-corrected chi connectivity index (χ0v) is 13.7. The zero-order valence-electron chi connectivity index (χ0n) is 13.7. The number of nitrogens with one attached hydrogen (secondary N) is 3. The van der Waals surface area contributed by atoms with Crippen LogP contribution in [0, 0.1) is 5.92 Å². The molecule has 2 aromatic rings. The smallest absolute Gasteiger partial charge is 0.0895 e. The molecule has 1 saturated heterocycles. The van der Waals surface area contributed by atoms with Crippen molar-refractivity contribution in [3.63, 3.8) is 0 Å². The van der Waals surface area contributed by atoms with Crippen LogP contribution in [0.5, 0.6) is 0 Å². The first kappa shape index (κ1) is 16.0. The molecular weight excluding hydrogens is 288 g/mol. The number of benzene rings is 1. The fourth-order valence-electron chi connectivity index (χ4n) is 3.27. The van der Waals surface area contributed by atoms with E-state index >= 15 is 0 Å². The van der Waals surface area contributed by atoms with Gasteiger partial charge >= 0.3 is 0 Å². The first-order valence-corrected chi connectivity index (χ1v) is 8.51. The lowest BCUT2D eigenvalue weighted by Crippen LogP contribution is -2.31. The Balaban J connectivity index is 1.57. The molecule has 0 amide bonds. The molecule has 1 aliphatic rings. The summed E-state index contributed by atoms with van der Waals surface area (Å²) in [4.78, 5) is 0. The van der Waals surface area contributed by atoms with E-state index < -0.39 is 0 Å². The van der Waals surface area contributed by atoms with Crippen molar-refractivity contribution in [2.75, 3.05) is 25.0 Å². The first-order chi connectivity index (χ1) is 11.4. The zero-order chi connectivity index (χ0) is 15.9. The van der Waals surface area contributed by atoms with Crippen LogP contribution < -0.4 is 10.6 Å². The highest BCUT2D eigenvalue weighted by molar-refractivity contribution is 5.50. The van der Waals surface area contributed by atoms with Gasteiger partial charge in [0, 0.05) is 49.6 Å². The lowest BCUT2D eigenvalue weighted by Gasteiger charge is -2.31. The van der Waals surface area contributed by atoms with E-state index in [4.69, 9.17) is 4.74 Å². The summed E-state index contributed by atoms with van der Waals surface area (Å²) in [6.45, 7) is 5.73. The fraction of sp³-hybridized carbons (Fsp3) is 0.500. The molecule has 124 valence electrons. The molecule has 5 nitrogen and oxygen atoms in total. The summed E-state index contributed by atoms with van der Waals surface area (Å²) in [7, 11) is 0. The number of para-hydroxylation sites is 1. The van der Waals surface area contributed by atoms with E-state index in [0.717, 1.165) is 38.2 Å². The number of ether oxygens (including phenoxy) is 1. The summed E-state index contributed by atoms with van der Waals surface area (Å²) < 4.78 is 5.99. The Labute approximate surface area is 137 Å². The average molecular weight is 314 g/mol. The van der Waals surface area contributed by atoms with E-state index in [1.165, 1.54) is 17.7 Å². The molecule has 1 fully saturated rings. The van der Waals surface area contributed by atoms with Crippen LogP contribution in [-0.4, -0.2) is 29.9 Å². The van der Waals surface area contributed by atoms with Gasteiger partial charge in [-0.2, -0.15) is 5.10 Å². The third-order valence-corrected chi connectivity index (χ3v) is 4.40. The first-order valence-electron chi connectivity index (χ1n) is 8.51. The molecule has 0 aliphatic carbocycles. The van der Waals surface area contributed by atoms with Crippen molar-refractivity contribution in [1.29, 1.82) is 0 Å². The van der Waals surface area contributed by atoms with Crippen LogP contribution in [0.15, 0.2) is 36.7 Å². The van der Waals surface area contributed by atoms with Gasteiger partial charge in [0.25, 0.3) is 0 Å². The standard InChI is InChI=1S/C18H26N4O/c1-2-20-17-8-4-3-6-14(17)10-19-11-15-7-5-9-23-18(15)16-12-21-22-13-16/h3-4,6,8,12-13,15,18-20H,2,5,7,9-11H2,1H3,(H,21,22)/t15-,18+/m0/s1. The molecule has 0 spiro atoms. The summed E-state index contributed by atoms with van der Waals surface area (Å²) in [5, 5.41) is 14.0. The molecule has 1 aromatic heterocycles. The second-order valence-corrected chi connectivity index (χ2v) is 6.04. The number of aromatic nitrogens is 2. The van der Waals surface area contributed by atoms with E-state index in [1.807, 2.05) is 12.4 Å². The minimum atomic E-state index is 0.152. The fourth-order valence-corrected chi connectivity index (χ4v) is 3.27. The number of hydrogen-bond donors (Lipinski definition) is 3. The summed E-state index contributed by atoms with van der Waals surface area (Å²) >= 11 is 0. The molecule has 0 radical (unpaired) electrons. The van der Waals surface area contributed by atoms with Gasteiger partial charge in [0.15, 0.2) is 0 Å². The van der Waals surface area contributed by atoms with Gasteiger partial charge in [0.1, 0.15) is 0 Å². The van der Waals surface area contributed by atoms with E-state index in [2.05, 4.69) is 52.0 Å². The number of H-pyrrole nitrogens is 1. The molecule has 0 saturated carbocycles. The minimum absolute atomic E-state index is 0.152. The number of hydrogen-bond acceptors (Lipinski definition) is 4. The normalized spacial score (nSPS) is 21.3. The molecule has 3 N–H and O–H groups in total. The lowest BCUT2D eigenvalue weighted by atomic mass is 9.91. The maximum atomic E-state index is 5.99. The Kier molecular flexibility index (Phi) is 5.66. The Morgan fingerprint density at radius 2 is 2.26 bits per heavy atom. The van der Waals surface area contributed by atoms with Crippen molar-refractivity contribution in [2.45, 2.75) is 32.4 Å². The molecule has 2 atom stereocenters. The van der Waals surface area contributed by atoms with Crippen LogP contribution in [0.25, 0.3) is 0 Å². The molecule has 23 heavy (non-hydrogen) atoms. The summed E-state index contributed by atoms with van der Waals surface area (Å²) in [5.74, 6) is 0.493. The quantitative estimate of drug-likeness (QED) is 0.735. The second kappa shape index (κ2) is 8.13. The molecule has 0 unspecified atom stereocenters. The number of aromatic amines is 1. The Bertz CT molecular complexity index is 584. The van der Waals surface area contributed by atoms with E-state index in [9.17, 15) is 0 Å². The van der Waals surface area contributed by atoms with Gasteiger partial charge in [-0.05, 0) is 31.4 Å². The molecule has 0 bridgehead atoms. The van der Waals surface area contributed by atoms with Crippen LogP contribution >= 0.6 is 0 Å². The largest absolute Gasteiger partial charge is 0.385 e. The average Bonchev–Trinajstić information content (AvgIpc) is 3.11. The predicted octanol–water partition coefficient (Wildman–Crippen LogP) is 3.10. The van der Waals surface area contributed by atoms with Crippen molar-refractivity contribution in [1.82, 2.24) is 15.5 Å². The summed E-state index contributed by atoms with van der Waals surface area (Å²) in [5.41, 5.74) is 3.68. The van der Waals surface area contributed by atoms with Crippen LogP contribution in [0.2, 0.25) is 0 Å². The van der Waals surface area contributed by atoms with Crippen molar-refractivity contribution < 1.29 is 4.74 Å². The van der Waals surface area contributed by atoms with Gasteiger partial charge in [0.2, 0.25) is 0 Å². The highest BCUT2D eigenvalue weighted by atomic mass is 16.5.